The maximum absolute atomic E-state index is 10.6. The second-order valence-electron chi connectivity index (χ2n) is 5.18. The number of ether oxygens (including phenoxy) is 3. The van der Waals surface area contributed by atoms with Crippen molar-refractivity contribution in [2.24, 2.45) is 0 Å². The number of benzene rings is 2. The van der Waals surface area contributed by atoms with E-state index in [4.69, 9.17) is 14.2 Å². The van der Waals surface area contributed by atoms with E-state index >= 15 is 0 Å². The van der Waals surface area contributed by atoms with Crippen molar-refractivity contribution in [3.8, 4) is 17.2 Å². The van der Waals surface area contributed by atoms with Crippen LogP contribution >= 0.6 is 0 Å². The molecule has 0 unspecified atom stereocenters. The highest BCUT2D eigenvalue weighted by atomic mass is 16.5. The van der Waals surface area contributed by atoms with Crippen molar-refractivity contribution >= 4 is 10.8 Å². The number of aromatic hydroxyl groups is 1. The van der Waals surface area contributed by atoms with E-state index in [1.807, 2.05) is 12.1 Å². The molecule has 21 heavy (non-hydrogen) atoms. The van der Waals surface area contributed by atoms with E-state index in [1.165, 1.54) is 0 Å². The summed E-state index contributed by atoms with van der Waals surface area (Å²) in [7, 11) is 3.12. The summed E-state index contributed by atoms with van der Waals surface area (Å²) in [4.78, 5) is 0. The van der Waals surface area contributed by atoms with Crippen LogP contribution in [0.15, 0.2) is 18.2 Å². The average molecular weight is 290 g/mol. The maximum Gasteiger partial charge on any atom is 0.134 e. The van der Waals surface area contributed by atoms with Gasteiger partial charge in [0.15, 0.2) is 0 Å². The number of fused-ring (bicyclic) bond motifs is 2. The number of phenolic OH excluding ortho intramolecular Hbond substituents is 1. The van der Waals surface area contributed by atoms with Gasteiger partial charge in [0, 0.05) is 11.6 Å². The zero-order valence-electron chi connectivity index (χ0n) is 12.2. The number of phenols is 1. The molecule has 0 amide bonds. The summed E-state index contributed by atoms with van der Waals surface area (Å²) in [5.74, 6) is 1.25. The molecular formula is C16H18O5. The fourth-order valence-corrected chi connectivity index (χ4v) is 2.77. The van der Waals surface area contributed by atoms with E-state index in [1.54, 1.807) is 27.2 Å². The second kappa shape index (κ2) is 5.09. The minimum absolute atomic E-state index is 0.0907. The Labute approximate surface area is 122 Å². The lowest BCUT2D eigenvalue weighted by Crippen LogP contribution is -2.25. The summed E-state index contributed by atoms with van der Waals surface area (Å²) in [6, 6.07) is 5.39. The number of hydrogen-bond acceptors (Lipinski definition) is 5. The Balaban J connectivity index is 2.33. The fourth-order valence-electron chi connectivity index (χ4n) is 2.77. The molecule has 2 N–H and O–H groups in total. The van der Waals surface area contributed by atoms with E-state index in [2.05, 4.69) is 0 Å². The van der Waals surface area contributed by atoms with Crippen LogP contribution in [0.4, 0.5) is 0 Å². The highest BCUT2D eigenvalue weighted by Crippen LogP contribution is 2.44. The van der Waals surface area contributed by atoms with Gasteiger partial charge in [-0.3, -0.25) is 0 Å². The van der Waals surface area contributed by atoms with Crippen LogP contribution in [-0.4, -0.2) is 30.5 Å². The summed E-state index contributed by atoms with van der Waals surface area (Å²) in [6.07, 6.45) is -1.07. The molecule has 112 valence electrons. The van der Waals surface area contributed by atoms with E-state index in [-0.39, 0.29) is 18.5 Å². The molecule has 0 saturated heterocycles. The molecule has 5 heteroatoms. The number of aliphatic hydroxyl groups excluding tert-OH is 1. The topological polar surface area (TPSA) is 68.2 Å². The van der Waals surface area contributed by atoms with Gasteiger partial charge in [-0.05, 0) is 30.0 Å². The molecule has 5 nitrogen and oxygen atoms in total. The van der Waals surface area contributed by atoms with Gasteiger partial charge in [0.2, 0.25) is 0 Å². The summed E-state index contributed by atoms with van der Waals surface area (Å²) >= 11 is 0. The van der Waals surface area contributed by atoms with Crippen molar-refractivity contribution in [3.05, 3.63) is 29.3 Å². The second-order valence-corrected chi connectivity index (χ2v) is 5.18. The van der Waals surface area contributed by atoms with Gasteiger partial charge >= 0.3 is 0 Å². The third-order valence-electron chi connectivity index (χ3n) is 4.00. The van der Waals surface area contributed by atoms with Gasteiger partial charge in [0.25, 0.3) is 0 Å². The first-order valence-electron chi connectivity index (χ1n) is 6.77. The van der Waals surface area contributed by atoms with E-state index in [9.17, 15) is 10.2 Å². The molecule has 1 aliphatic rings. The number of methoxy groups -OCH3 is 2. The van der Waals surface area contributed by atoms with Gasteiger partial charge in [0.05, 0.1) is 32.3 Å². The van der Waals surface area contributed by atoms with Crippen LogP contribution in [-0.2, 0) is 11.3 Å². The Kier molecular flexibility index (Phi) is 3.39. The lowest BCUT2D eigenvalue weighted by Gasteiger charge is -2.29. The summed E-state index contributed by atoms with van der Waals surface area (Å²) < 4.78 is 16.1. The first-order chi connectivity index (χ1) is 10.1. The molecule has 2 atom stereocenters. The fraction of sp³-hybridized carbons (Fsp3) is 0.375. The summed E-state index contributed by atoms with van der Waals surface area (Å²) in [6.45, 7) is 2.07. The SMILES string of the molecule is COc1cc(OC)c2c(O)c3c(cc2c1)[C@@H](O)[C@H](C)OC3. The Morgan fingerprint density at radius 1 is 1.19 bits per heavy atom. The molecule has 2 aromatic rings. The molecule has 0 bridgehead atoms. The summed E-state index contributed by atoms with van der Waals surface area (Å²) in [5.41, 5.74) is 1.30. The monoisotopic (exact) mass is 290 g/mol. The van der Waals surface area contributed by atoms with Crippen LogP contribution in [0.2, 0.25) is 0 Å². The lowest BCUT2D eigenvalue weighted by molar-refractivity contribution is -0.0530. The number of rotatable bonds is 2. The third kappa shape index (κ3) is 2.09. The third-order valence-corrected chi connectivity index (χ3v) is 4.00. The van der Waals surface area contributed by atoms with E-state index < -0.39 is 6.10 Å². The van der Waals surface area contributed by atoms with Crippen LogP contribution in [0, 0.1) is 0 Å². The molecule has 0 radical (unpaired) electrons. The predicted molar refractivity (Wildman–Crippen MR) is 77.9 cm³/mol. The van der Waals surface area contributed by atoms with Crippen LogP contribution in [0.1, 0.15) is 24.2 Å². The van der Waals surface area contributed by atoms with Crippen molar-refractivity contribution in [3.63, 3.8) is 0 Å². The van der Waals surface area contributed by atoms with Gasteiger partial charge in [-0.25, -0.2) is 0 Å². The Morgan fingerprint density at radius 2 is 1.95 bits per heavy atom. The molecule has 2 aromatic carbocycles. The predicted octanol–water partition coefficient (Wildman–Crippen LogP) is 2.51. The molecular weight excluding hydrogens is 272 g/mol. The Hall–Kier alpha value is -1.98. The average Bonchev–Trinajstić information content (AvgIpc) is 2.50. The van der Waals surface area contributed by atoms with Crippen molar-refractivity contribution in [2.45, 2.75) is 25.7 Å². The van der Waals surface area contributed by atoms with Crippen molar-refractivity contribution in [1.82, 2.24) is 0 Å². The molecule has 0 aliphatic carbocycles. The Morgan fingerprint density at radius 3 is 2.62 bits per heavy atom. The minimum atomic E-state index is -0.763. The van der Waals surface area contributed by atoms with Crippen LogP contribution in [0.3, 0.4) is 0 Å². The van der Waals surface area contributed by atoms with E-state index in [0.717, 1.165) is 5.39 Å². The molecule has 0 spiro atoms. The first-order valence-corrected chi connectivity index (χ1v) is 6.77. The lowest BCUT2D eigenvalue weighted by atomic mass is 9.92. The Bertz CT molecular complexity index is 695. The van der Waals surface area contributed by atoms with Crippen LogP contribution in [0.25, 0.3) is 10.8 Å². The quantitative estimate of drug-likeness (QED) is 0.889. The molecule has 3 rings (SSSR count). The van der Waals surface area contributed by atoms with Crippen molar-refractivity contribution < 1.29 is 24.4 Å². The maximum atomic E-state index is 10.6. The van der Waals surface area contributed by atoms with Gasteiger partial charge in [-0.15, -0.1) is 0 Å². The highest BCUT2D eigenvalue weighted by Gasteiger charge is 2.29. The first kappa shape index (κ1) is 14.0. The number of hydrogen-bond donors (Lipinski definition) is 2. The largest absolute Gasteiger partial charge is 0.507 e. The summed E-state index contributed by atoms with van der Waals surface area (Å²) in [5, 5.41) is 22.2. The minimum Gasteiger partial charge on any atom is -0.507 e. The van der Waals surface area contributed by atoms with Crippen LogP contribution in [0.5, 0.6) is 17.2 Å². The molecule has 0 aromatic heterocycles. The molecule has 1 heterocycles. The van der Waals surface area contributed by atoms with E-state index in [0.29, 0.717) is 28.0 Å². The van der Waals surface area contributed by atoms with Crippen molar-refractivity contribution in [1.29, 1.82) is 0 Å². The molecule has 1 aliphatic heterocycles. The number of aliphatic hydroxyl groups is 1. The van der Waals surface area contributed by atoms with Crippen molar-refractivity contribution in [2.75, 3.05) is 14.2 Å². The zero-order chi connectivity index (χ0) is 15.1. The molecule has 0 saturated carbocycles. The van der Waals surface area contributed by atoms with Gasteiger partial charge in [-0.2, -0.15) is 0 Å². The van der Waals surface area contributed by atoms with Gasteiger partial charge in [-0.1, -0.05) is 0 Å². The van der Waals surface area contributed by atoms with Gasteiger partial charge < -0.3 is 24.4 Å². The normalized spacial score (nSPS) is 21.1. The standard InChI is InChI=1S/C16H18O5/c1-8-15(17)11-5-9-4-10(19-2)6-13(20-3)14(9)16(18)12(11)7-21-8/h4-6,8,15,17-18H,7H2,1-3H3/t8-,15-/m0/s1. The highest BCUT2D eigenvalue weighted by molar-refractivity contribution is 5.96. The molecule has 0 fully saturated rings. The van der Waals surface area contributed by atoms with Crippen LogP contribution < -0.4 is 9.47 Å². The van der Waals surface area contributed by atoms with Gasteiger partial charge in [0.1, 0.15) is 23.4 Å². The smallest absolute Gasteiger partial charge is 0.134 e. The zero-order valence-corrected chi connectivity index (χ0v) is 12.2.